The Labute approximate surface area is 149 Å². The van der Waals surface area contributed by atoms with Crippen LogP contribution in [0.5, 0.6) is 0 Å². The van der Waals surface area contributed by atoms with Crippen LogP contribution >= 0.6 is 66.4 Å². The van der Waals surface area contributed by atoms with E-state index in [2.05, 4.69) is 50.2 Å². The smallest absolute Gasteiger partial charge is 0.0761 e. The maximum absolute atomic E-state index is 6.38. The average molecular weight is 458 g/mol. The van der Waals surface area contributed by atoms with Crippen LogP contribution in [0, 0.1) is 0 Å². The van der Waals surface area contributed by atoms with Crippen molar-refractivity contribution in [1.82, 2.24) is 5.32 Å². The highest BCUT2D eigenvalue weighted by molar-refractivity contribution is 9.12. The van der Waals surface area contributed by atoms with Gasteiger partial charge in [-0.25, -0.2) is 0 Å². The van der Waals surface area contributed by atoms with E-state index in [4.69, 9.17) is 23.2 Å². The zero-order valence-electron chi connectivity index (χ0n) is 10.7. The van der Waals surface area contributed by atoms with Crippen LogP contribution in [-0.4, -0.2) is 6.54 Å². The van der Waals surface area contributed by atoms with Crippen molar-refractivity contribution in [2.45, 2.75) is 19.4 Å². The SMILES string of the molecule is CCCNC(c1cc(Br)sc1Br)c1cccc(Cl)c1Cl. The molecule has 2 aromatic rings. The molecule has 1 nitrogen and oxygen atoms in total. The number of hydrogen-bond donors (Lipinski definition) is 1. The van der Waals surface area contributed by atoms with Crippen molar-refractivity contribution < 1.29 is 0 Å². The van der Waals surface area contributed by atoms with Crippen molar-refractivity contribution in [2.24, 2.45) is 0 Å². The lowest BCUT2D eigenvalue weighted by molar-refractivity contribution is 0.598. The lowest BCUT2D eigenvalue weighted by atomic mass is 10.0. The molecule has 0 saturated carbocycles. The second kappa shape index (κ2) is 7.61. The molecule has 0 aliphatic heterocycles. The Bertz CT molecular complexity index is 601. The monoisotopic (exact) mass is 455 g/mol. The molecule has 1 heterocycles. The Hall–Kier alpha value is 0.420. The van der Waals surface area contributed by atoms with E-state index in [0.29, 0.717) is 10.0 Å². The first-order valence-electron chi connectivity index (χ1n) is 6.16. The van der Waals surface area contributed by atoms with E-state index in [1.807, 2.05) is 18.2 Å². The molecular weight excluding hydrogens is 445 g/mol. The van der Waals surface area contributed by atoms with Crippen molar-refractivity contribution in [2.75, 3.05) is 6.54 Å². The summed E-state index contributed by atoms with van der Waals surface area (Å²) in [6, 6.07) is 7.89. The molecule has 1 unspecified atom stereocenters. The topological polar surface area (TPSA) is 12.0 Å². The molecule has 1 atom stereocenters. The standard InChI is InChI=1S/C14H13Br2Cl2NS/c1-2-6-19-13(9-7-11(15)20-14(9)16)8-4-3-5-10(17)12(8)18/h3-5,7,13,19H,2,6H2,1H3. The van der Waals surface area contributed by atoms with Gasteiger partial charge in [0, 0.05) is 0 Å². The minimum absolute atomic E-state index is 0.0260. The molecule has 0 amide bonds. The average Bonchev–Trinajstić information content (AvgIpc) is 2.74. The van der Waals surface area contributed by atoms with Crippen LogP contribution in [-0.2, 0) is 0 Å². The van der Waals surface area contributed by atoms with Crippen molar-refractivity contribution >= 4 is 66.4 Å². The van der Waals surface area contributed by atoms with Crippen molar-refractivity contribution in [3.63, 3.8) is 0 Å². The predicted octanol–water partition coefficient (Wildman–Crippen LogP) is 6.67. The molecule has 0 aliphatic rings. The normalized spacial score (nSPS) is 12.7. The summed E-state index contributed by atoms with van der Waals surface area (Å²) in [4.78, 5) is 0. The fourth-order valence-corrected chi connectivity index (χ4v) is 5.29. The highest BCUT2D eigenvalue weighted by Crippen LogP contribution is 2.40. The van der Waals surface area contributed by atoms with E-state index in [0.717, 1.165) is 26.1 Å². The number of nitrogens with one attached hydrogen (secondary N) is 1. The van der Waals surface area contributed by atoms with E-state index in [1.54, 1.807) is 11.3 Å². The second-order valence-electron chi connectivity index (χ2n) is 4.31. The molecule has 1 aromatic carbocycles. The van der Waals surface area contributed by atoms with Crippen molar-refractivity contribution in [3.05, 3.63) is 53.0 Å². The highest BCUT2D eigenvalue weighted by Gasteiger charge is 2.21. The Kier molecular flexibility index (Phi) is 6.39. The van der Waals surface area contributed by atoms with Gasteiger partial charge in [0.05, 0.1) is 23.7 Å². The molecule has 0 spiro atoms. The van der Waals surface area contributed by atoms with E-state index in [1.165, 1.54) is 5.56 Å². The number of rotatable bonds is 5. The number of thiophene rings is 1. The van der Waals surface area contributed by atoms with Crippen LogP contribution in [0.25, 0.3) is 0 Å². The van der Waals surface area contributed by atoms with Crippen LogP contribution in [0.3, 0.4) is 0 Å². The largest absolute Gasteiger partial charge is 0.306 e. The Balaban J connectivity index is 2.47. The summed E-state index contributed by atoms with van der Waals surface area (Å²) in [5.41, 5.74) is 2.16. The van der Waals surface area contributed by atoms with Gasteiger partial charge in [0.1, 0.15) is 0 Å². The summed E-state index contributed by atoms with van der Waals surface area (Å²) in [7, 11) is 0. The van der Waals surface area contributed by atoms with Crippen LogP contribution < -0.4 is 5.32 Å². The van der Waals surface area contributed by atoms with Gasteiger partial charge in [0.25, 0.3) is 0 Å². The van der Waals surface area contributed by atoms with Gasteiger partial charge in [-0.3, -0.25) is 0 Å². The van der Waals surface area contributed by atoms with Crippen molar-refractivity contribution in [1.29, 1.82) is 0 Å². The van der Waals surface area contributed by atoms with E-state index >= 15 is 0 Å². The minimum atomic E-state index is 0.0260. The zero-order chi connectivity index (χ0) is 14.7. The molecule has 0 fully saturated rings. The molecule has 20 heavy (non-hydrogen) atoms. The molecule has 1 N–H and O–H groups in total. The third-order valence-corrected chi connectivity index (χ3v) is 6.10. The van der Waals surface area contributed by atoms with Gasteiger partial charge in [0.15, 0.2) is 0 Å². The van der Waals surface area contributed by atoms with Gasteiger partial charge >= 0.3 is 0 Å². The maximum atomic E-state index is 6.38. The molecule has 0 bridgehead atoms. The van der Waals surface area contributed by atoms with Crippen LogP contribution in [0.2, 0.25) is 10.0 Å². The predicted molar refractivity (Wildman–Crippen MR) is 96.3 cm³/mol. The molecule has 0 aliphatic carbocycles. The van der Waals surface area contributed by atoms with Crippen LogP contribution in [0.15, 0.2) is 31.8 Å². The fourth-order valence-electron chi connectivity index (χ4n) is 1.97. The summed E-state index contributed by atoms with van der Waals surface area (Å²) in [6.07, 6.45) is 1.05. The van der Waals surface area contributed by atoms with Gasteiger partial charge < -0.3 is 5.32 Å². The fraction of sp³-hybridized carbons (Fsp3) is 0.286. The first-order chi connectivity index (χ1) is 9.54. The first-order valence-corrected chi connectivity index (χ1v) is 9.32. The van der Waals surface area contributed by atoms with Gasteiger partial charge in [-0.2, -0.15) is 0 Å². The number of hydrogen-bond acceptors (Lipinski definition) is 2. The van der Waals surface area contributed by atoms with E-state index in [-0.39, 0.29) is 6.04 Å². The van der Waals surface area contributed by atoms with E-state index in [9.17, 15) is 0 Å². The van der Waals surface area contributed by atoms with Gasteiger partial charge in [-0.15, -0.1) is 11.3 Å². The highest BCUT2D eigenvalue weighted by atomic mass is 79.9. The first kappa shape index (κ1) is 16.8. The summed E-state index contributed by atoms with van der Waals surface area (Å²) < 4.78 is 2.18. The molecule has 108 valence electrons. The molecule has 1 aromatic heterocycles. The van der Waals surface area contributed by atoms with Gasteiger partial charge in [0.2, 0.25) is 0 Å². The molecule has 6 heteroatoms. The van der Waals surface area contributed by atoms with Crippen LogP contribution in [0.1, 0.15) is 30.5 Å². The van der Waals surface area contributed by atoms with Gasteiger partial charge in [-0.1, -0.05) is 42.3 Å². The second-order valence-corrected chi connectivity index (χ2v) is 8.84. The van der Waals surface area contributed by atoms with E-state index < -0.39 is 0 Å². The van der Waals surface area contributed by atoms with Crippen LogP contribution in [0.4, 0.5) is 0 Å². The summed E-state index contributed by atoms with van der Waals surface area (Å²) >= 11 is 21.3. The molecule has 0 radical (unpaired) electrons. The Morgan fingerprint density at radius 1 is 1.25 bits per heavy atom. The van der Waals surface area contributed by atoms with Crippen molar-refractivity contribution in [3.8, 4) is 0 Å². The summed E-state index contributed by atoms with van der Waals surface area (Å²) in [5, 5.41) is 4.73. The molecular formula is C14H13Br2Cl2NS. The molecule has 2 rings (SSSR count). The lowest BCUT2D eigenvalue weighted by Crippen LogP contribution is -2.23. The summed E-state index contributed by atoms with van der Waals surface area (Å²) in [6.45, 7) is 3.05. The lowest BCUT2D eigenvalue weighted by Gasteiger charge is -2.20. The third-order valence-electron chi connectivity index (χ3n) is 2.88. The van der Waals surface area contributed by atoms with Gasteiger partial charge in [-0.05, 0) is 68.1 Å². The maximum Gasteiger partial charge on any atom is 0.0761 e. The minimum Gasteiger partial charge on any atom is -0.306 e. The zero-order valence-corrected chi connectivity index (χ0v) is 16.2. The number of benzene rings is 1. The third kappa shape index (κ3) is 3.79. The Morgan fingerprint density at radius 3 is 2.60 bits per heavy atom. The summed E-state index contributed by atoms with van der Waals surface area (Å²) in [5.74, 6) is 0. The quantitative estimate of drug-likeness (QED) is 0.528. The Morgan fingerprint density at radius 2 is 2.00 bits per heavy atom. The molecule has 0 saturated heterocycles. The number of halogens is 4.